The first-order valence-electron chi connectivity index (χ1n) is 13.7. The van der Waals surface area contributed by atoms with Gasteiger partial charge in [-0.3, -0.25) is 0 Å². The van der Waals surface area contributed by atoms with Crippen LogP contribution in [0.25, 0.3) is 22.3 Å². The van der Waals surface area contributed by atoms with E-state index >= 15 is 0 Å². The Labute approximate surface area is 229 Å². The number of fused-ring (bicyclic) bond motifs is 2. The highest BCUT2D eigenvalue weighted by atomic mass is 35.5. The van der Waals surface area contributed by atoms with Crippen LogP contribution in [0, 0.1) is 11.8 Å². The fourth-order valence-electron chi connectivity index (χ4n) is 6.60. The molecule has 7 nitrogen and oxygen atoms in total. The lowest BCUT2D eigenvalue weighted by Crippen LogP contribution is -2.49. The summed E-state index contributed by atoms with van der Waals surface area (Å²) >= 11 is 13.1. The van der Waals surface area contributed by atoms with Crippen molar-refractivity contribution in [2.24, 2.45) is 11.8 Å². The van der Waals surface area contributed by atoms with Gasteiger partial charge >= 0.3 is 0 Å². The standard InChI is InChI=1S/C28H36Cl2N6O/c1-17-7-9-18(10-8-17)16-36-26-21(32-28(36)35-11-12-37-23-6-4-5-22(23)35)14-24(30)33-25(26)20-13-19(29)15-31-27(20)34(2)3/h13-15,17-18,22-23H,4-12,16H2,1-3H3/t17-,18-,22-,23-/m1/s1. The maximum absolute atomic E-state index is 6.63. The number of halogens is 2. The van der Waals surface area contributed by atoms with Crippen molar-refractivity contribution < 1.29 is 4.74 Å². The number of pyridine rings is 2. The van der Waals surface area contributed by atoms with Crippen molar-refractivity contribution >= 4 is 46.0 Å². The van der Waals surface area contributed by atoms with Crippen LogP contribution in [0.2, 0.25) is 10.2 Å². The van der Waals surface area contributed by atoms with Gasteiger partial charge < -0.3 is 19.1 Å². The van der Waals surface area contributed by atoms with Crippen molar-refractivity contribution in [2.75, 3.05) is 37.0 Å². The lowest BCUT2D eigenvalue weighted by atomic mass is 9.83. The summed E-state index contributed by atoms with van der Waals surface area (Å²) < 4.78 is 8.60. The molecule has 1 saturated heterocycles. The van der Waals surface area contributed by atoms with E-state index < -0.39 is 0 Å². The summed E-state index contributed by atoms with van der Waals surface area (Å²) in [6.07, 6.45) is 10.5. The van der Waals surface area contributed by atoms with Crippen LogP contribution in [0.4, 0.5) is 11.8 Å². The van der Waals surface area contributed by atoms with Crippen LogP contribution in [0.15, 0.2) is 18.3 Å². The average molecular weight is 544 g/mol. The van der Waals surface area contributed by atoms with E-state index in [4.69, 9.17) is 37.9 Å². The van der Waals surface area contributed by atoms with Gasteiger partial charge in [0.05, 0.1) is 34.8 Å². The number of ether oxygens (including phenoxy) is 1. The van der Waals surface area contributed by atoms with Crippen molar-refractivity contribution in [3.63, 3.8) is 0 Å². The third-order valence-corrected chi connectivity index (χ3v) is 8.90. The molecular formula is C28H36Cl2N6O. The van der Waals surface area contributed by atoms with Crippen LogP contribution in [0.1, 0.15) is 51.9 Å². The first kappa shape index (κ1) is 25.2. The fourth-order valence-corrected chi connectivity index (χ4v) is 6.95. The fraction of sp³-hybridized carbons (Fsp3) is 0.607. The Morgan fingerprint density at radius 3 is 2.65 bits per heavy atom. The molecule has 3 aliphatic rings. The third-order valence-electron chi connectivity index (χ3n) is 8.50. The molecule has 2 aliphatic carbocycles. The zero-order valence-corrected chi connectivity index (χ0v) is 23.5. The van der Waals surface area contributed by atoms with Gasteiger partial charge in [0.2, 0.25) is 5.95 Å². The predicted molar refractivity (Wildman–Crippen MR) is 151 cm³/mol. The molecule has 198 valence electrons. The summed E-state index contributed by atoms with van der Waals surface area (Å²) in [5.41, 5.74) is 3.56. The summed E-state index contributed by atoms with van der Waals surface area (Å²) in [6.45, 7) is 4.89. The topological polar surface area (TPSA) is 59.3 Å². The van der Waals surface area contributed by atoms with Gasteiger partial charge in [0.1, 0.15) is 16.7 Å². The first-order valence-corrected chi connectivity index (χ1v) is 14.4. The largest absolute Gasteiger partial charge is 0.374 e. The van der Waals surface area contributed by atoms with Gasteiger partial charge in [-0.2, -0.15) is 0 Å². The number of anilines is 2. The number of nitrogens with zero attached hydrogens (tertiary/aromatic N) is 6. The highest BCUT2D eigenvalue weighted by Crippen LogP contribution is 2.41. The first-order chi connectivity index (χ1) is 17.9. The second kappa shape index (κ2) is 10.2. The average Bonchev–Trinajstić information content (AvgIpc) is 3.49. The van der Waals surface area contributed by atoms with Crippen LogP contribution < -0.4 is 9.80 Å². The molecule has 0 radical (unpaired) electrons. The molecule has 4 heterocycles. The molecule has 2 saturated carbocycles. The molecule has 0 aromatic carbocycles. The molecule has 3 aromatic rings. The molecular weight excluding hydrogens is 507 g/mol. The molecule has 6 rings (SSSR count). The van der Waals surface area contributed by atoms with E-state index in [1.54, 1.807) is 6.20 Å². The highest BCUT2D eigenvalue weighted by molar-refractivity contribution is 6.31. The van der Waals surface area contributed by atoms with Gasteiger partial charge in [0.25, 0.3) is 0 Å². The lowest BCUT2D eigenvalue weighted by molar-refractivity contribution is 0.0247. The minimum Gasteiger partial charge on any atom is -0.374 e. The lowest BCUT2D eigenvalue weighted by Gasteiger charge is -2.39. The molecule has 0 unspecified atom stereocenters. The molecule has 0 bridgehead atoms. The minimum absolute atomic E-state index is 0.288. The van der Waals surface area contributed by atoms with E-state index in [0.29, 0.717) is 22.1 Å². The molecule has 3 fully saturated rings. The molecule has 0 N–H and O–H groups in total. The zero-order chi connectivity index (χ0) is 25.7. The summed E-state index contributed by atoms with van der Waals surface area (Å²) in [5.74, 6) is 3.26. The Kier molecular flexibility index (Phi) is 6.97. The Morgan fingerprint density at radius 2 is 1.86 bits per heavy atom. The van der Waals surface area contributed by atoms with E-state index in [0.717, 1.165) is 72.5 Å². The van der Waals surface area contributed by atoms with Crippen LogP contribution in [-0.4, -0.2) is 58.9 Å². The van der Waals surface area contributed by atoms with Gasteiger partial charge in [-0.15, -0.1) is 0 Å². The molecule has 0 spiro atoms. The Hall–Kier alpha value is -2.09. The van der Waals surface area contributed by atoms with Crippen LogP contribution in [0.3, 0.4) is 0 Å². The summed E-state index contributed by atoms with van der Waals surface area (Å²) in [4.78, 5) is 19.3. The van der Waals surface area contributed by atoms with Crippen LogP contribution >= 0.6 is 23.2 Å². The third kappa shape index (κ3) is 4.79. The SMILES string of the molecule is CN(C)c1ncc(Cl)cc1-c1nc(Cl)cc2nc(N3CCO[C@@H]4CCC[C@H]43)n(C[C@H]3CC[C@H](C)CC3)c12. The van der Waals surface area contributed by atoms with Crippen molar-refractivity contribution in [1.29, 1.82) is 0 Å². The molecule has 3 aromatic heterocycles. The second-order valence-corrected chi connectivity index (χ2v) is 12.2. The van der Waals surface area contributed by atoms with Crippen LogP contribution in [0.5, 0.6) is 0 Å². The Balaban J connectivity index is 1.55. The minimum atomic E-state index is 0.288. The molecule has 0 amide bonds. The number of hydrogen-bond acceptors (Lipinski definition) is 6. The molecule has 1 aliphatic heterocycles. The van der Waals surface area contributed by atoms with E-state index in [1.807, 2.05) is 31.1 Å². The normalized spacial score (nSPS) is 26.0. The van der Waals surface area contributed by atoms with Gasteiger partial charge in [-0.1, -0.05) is 43.0 Å². The van der Waals surface area contributed by atoms with E-state index in [9.17, 15) is 0 Å². The van der Waals surface area contributed by atoms with E-state index in [-0.39, 0.29) is 6.10 Å². The second-order valence-electron chi connectivity index (χ2n) is 11.3. The predicted octanol–water partition coefficient (Wildman–Crippen LogP) is 6.45. The number of rotatable bonds is 5. The monoisotopic (exact) mass is 542 g/mol. The quantitative estimate of drug-likeness (QED) is 0.345. The van der Waals surface area contributed by atoms with Crippen molar-refractivity contribution in [3.05, 3.63) is 28.5 Å². The van der Waals surface area contributed by atoms with Crippen molar-refractivity contribution in [2.45, 2.75) is 70.6 Å². The summed E-state index contributed by atoms with van der Waals surface area (Å²) in [6, 6.07) is 4.22. The smallest absolute Gasteiger partial charge is 0.207 e. The van der Waals surface area contributed by atoms with E-state index in [1.165, 1.54) is 32.1 Å². The van der Waals surface area contributed by atoms with Gasteiger partial charge in [-0.25, -0.2) is 15.0 Å². The van der Waals surface area contributed by atoms with Crippen molar-refractivity contribution in [1.82, 2.24) is 19.5 Å². The maximum Gasteiger partial charge on any atom is 0.207 e. The molecule has 2 atom stereocenters. The zero-order valence-electron chi connectivity index (χ0n) is 22.0. The number of hydrogen-bond donors (Lipinski definition) is 0. The molecule has 9 heteroatoms. The Bertz CT molecular complexity index is 1290. The number of aromatic nitrogens is 4. The van der Waals surface area contributed by atoms with Gasteiger partial charge in [0, 0.05) is 45.0 Å². The highest BCUT2D eigenvalue weighted by Gasteiger charge is 2.39. The van der Waals surface area contributed by atoms with Gasteiger partial charge in [0.15, 0.2) is 0 Å². The Morgan fingerprint density at radius 1 is 1.05 bits per heavy atom. The number of morpholine rings is 1. The van der Waals surface area contributed by atoms with Crippen molar-refractivity contribution in [3.8, 4) is 11.3 Å². The maximum atomic E-state index is 6.63. The van der Waals surface area contributed by atoms with Crippen LogP contribution in [-0.2, 0) is 11.3 Å². The van der Waals surface area contributed by atoms with E-state index in [2.05, 4.69) is 21.4 Å². The molecule has 37 heavy (non-hydrogen) atoms. The summed E-state index contributed by atoms with van der Waals surface area (Å²) in [5, 5.41) is 1.00. The summed E-state index contributed by atoms with van der Waals surface area (Å²) in [7, 11) is 3.97. The number of imidazole rings is 1. The van der Waals surface area contributed by atoms with Gasteiger partial charge in [-0.05, 0) is 50.0 Å².